The van der Waals surface area contributed by atoms with Crippen LogP contribution in [0.5, 0.6) is 0 Å². The standard InChI is InChI=1S/C22H30N4O/c1-15(2)21-24-17(4)13-20(25-21)26-11-9-19(10-12-26)22(27)23-14-18-7-5-16(3)6-8-18/h5-8,13,15,19H,9-12,14H2,1-4H3,(H,23,27). The lowest BCUT2D eigenvalue weighted by atomic mass is 9.95. The number of hydrogen-bond acceptors (Lipinski definition) is 4. The average molecular weight is 367 g/mol. The molecule has 1 aliphatic rings. The molecule has 1 N–H and O–H groups in total. The third-order valence-corrected chi connectivity index (χ3v) is 5.15. The van der Waals surface area contributed by atoms with E-state index in [1.165, 1.54) is 5.56 Å². The molecular formula is C22H30N4O. The summed E-state index contributed by atoms with van der Waals surface area (Å²) in [5, 5.41) is 3.09. The second kappa shape index (κ2) is 8.51. The molecule has 0 atom stereocenters. The van der Waals surface area contributed by atoms with Gasteiger partial charge in [0.1, 0.15) is 11.6 Å². The smallest absolute Gasteiger partial charge is 0.223 e. The Morgan fingerprint density at radius 3 is 2.44 bits per heavy atom. The van der Waals surface area contributed by atoms with Crippen molar-refractivity contribution in [1.29, 1.82) is 0 Å². The molecule has 1 aliphatic heterocycles. The first-order chi connectivity index (χ1) is 12.9. The summed E-state index contributed by atoms with van der Waals surface area (Å²) >= 11 is 0. The second-order valence-electron chi connectivity index (χ2n) is 7.85. The van der Waals surface area contributed by atoms with E-state index in [0.717, 1.165) is 48.8 Å². The Balaban J connectivity index is 1.54. The Labute approximate surface area is 162 Å². The highest BCUT2D eigenvalue weighted by Crippen LogP contribution is 2.24. The van der Waals surface area contributed by atoms with Gasteiger partial charge in [0.2, 0.25) is 5.91 Å². The van der Waals surface area contributed by atoms with Gasteiger partial charge in [-0.15, -0.1) is 0 Å². The van der Waals surface area contributed by atoms with Crippen molar-refractivity contribution in [2.24, 2.45) is 5.92 Å². The van der Waals surface area contributed by atoms with Crippen LogP contribution in [0.1, 0.15) is 55.3 Å². The normalized spacial score (nSPS) is 15.2. The van der Waals surface area contributed by atoms with Gasteiger partial charge in [-0.2, -0.15) is 0 Å². The number of aromatic nitrogens is 2. The monoisotopic (exact) mass is 366 g/mol. The number of carbonyl (C=O) groups is 1. The largest absolute Gasteiger partial charge is 0.356 e. The molecule has 2 aromatic rings. The Morgan fingerprint density at radius 1 is 1.15 bits per heavy atom. The van der Waals surface area contributed by atoms with Crippen molar-refractivity contribution in [2.45, 2.75) is 53.0 Å². The van der Waals surface area contributed by atoms with Gasteiger partial charge in [-0.25, -0.2) is 9.97 Å². The number of aryl methyl sites for hydroxylation is 2. The van der Waals surface area contributed by atoms with Crippen LogP contribution in [0, 0.1) is 19.8 Å². The summed E-state index contributed by atoms with van der Waals surface area (Å²) in [6.07, 6.45) is 1.72. The van der Waals surface area contributed by atoms with Crippen LogP contribution in [-0.4, -0.2) is 29.0 Å². The predicted molar refractivity (Wildman–Crippen MR) is 109 cm³/mol. The summed E-state index contributed by atoms with van der Waals surface area (Å²) in [6, 6.07) is 10.3. The Bertz CT molecular complexity index is 777. The van der Waals surface area contributed by atoms with Gasteiger partial charge in [-0.05, 0) is 32.3 Å². The number of benzene rings is 1. The molecule has 0 spiro atoms. The molecule has 0 unspecified atom stereocenters. The van der Waals surface area contributed by atoms with Crippen molar-refractivity contribution in [1.82, 2.24) is 15.3 Å². The summed E-state index contributed by atoms with van der Waals surface area (Å²) in [7, 11) is 0. The molecule has 3 rings (SSSR count). The number of piperidine rings is 1. The summed E-state index contributed by atoms with van der Waals surface area (Å²) < 4.78 is 0. The lowest BCUT2D eigenvalue weighted by Gasteiger charge is -2.32. The zero-order valence-electron chi connectivity index (χ0n) is 16.8. The summed E-state index contributed by atoms with van der Waals surface area (Å²) in [6.45, 7) is 10.6. The molecule has 5 heteroatoms. The summed E-state index contributed by atoms with van der Waals surface area (Å²) in [5.74, 6) is 2.44. The van der Waals surface area contributed by atoms with Gasteiger partial charge >= 0.3 is 0 Å². The van der Waals surface area contributed by atoms with Crippen molar-refractivity contribution >= 4 is 11.7 Å². The van der Waals surface area contributed by atoms with Crippen LogP contribution in [0.15, 0.2) is 30.3 Å². The number of anilines is 1. The average Bonchev–Trinajstić information content (AvgIpc) is 2.67. The van der Waals surface area contributed by atoms with Crippen LogP contribution >= 0.6 is 0 Å². The van der Waals surface area contributed by atoms with E-state index < -0.39 is 0 Å². The number of amides is 1. The number of nitrogens with zero attached hydrogens (tertiary/aromatic N) is 3. The minimum Gasteiger partial charge on any atom is -0.356 e. The molecule has 0 bridgehead atoms. The first-order valence-electron chi connectivity index (χ1n) is 9.86. The van der Waals surface area contributed by atoms with Gasteiger partial charge in [-0.1, -0.05) is 43.7 Å². The Hall–Kier alpha value is -2.43. The number of nitrogens with one attached hydrogen (secondary N) is 1. The highest BCUT2D eigenvalue weighted by molar-refractivity contribution is 5.79. The molecule has 0 radical (unpaired) electrons. The van der Waals surface area contributed by atoms with E-state index in [9.17, 15) is 4.79 Å². The Morgan fingerprint density at radius 2 is 1.81 bits per heavy atom. The highest BCUT2D eigenvalue weighted by atomic mass is 16.1. The van der Waals surface area contributed by atoms with Crippen LogP contribution in [0.3, 0.4) is 0 Å². The molecule has 1 aromatic carbocycles. The molecule has 1 amide bonds. The van der Waals surface area contributed by atoms with Crippen LogP contribution in [0.2, 0.25) is 0 Å². The maximum absolute atomic E-state index is 12.5. The van der Waals surface area contributed by atoms with E-state index in [4.69, 9.17) is 4.98 Å². The lowest BCUT2D eigenvalue weighted by Crippen LogP contribution is -2.40. The molecule has 1 saturated heterocycles. The second-order valence-corrected chi connectivity index (χ2v) is 7.85. The third kappa shape index (κ3) is 5.06. The Kier molecular flexibility index (Phi) is 6.09. The molecule has 1 fully saturated rings. The van der Waals surface area contributed by atoms with Crippen molar-refractivity contribution in [3.05, 3.63) is 53.0 Å². The molecule has 144 valence electrons. The molecular weight excluding hydrogens is 336 g/mol. The van der Waals surface area contributed by atoms with Crippen molar-refractivity contribution in [3.63, 3.8) is 0 Å². The molecule has 27 heavy (non-hydrogen) atoms. The van der Waals surface area contributed by atoms with Crippen LogP contribution in [-0.2, 0) is 11.3 Å². The van der Waals surface area contributed by atoms with E-state index in [1.54, 1.807) is 0 Å². The quantitative estimate of drug-likeness (QED) is 0.875. The van der Waals surface area contributed by atoms with Crippen molar-refractivity contribution in [2.75, 3.05) is 18.0 Å². The first kappa shape index (κ1) is 19.3. The maximum Gasteiger partial charge on any atom is 0.223 e. The summed E-state index contributed by atoms with van der Waals surface area (Å²) in [4.78, 5) is 24.1. The summed E-state index contributed by atoms with van der Waals surface area (Å²) in [5.41, 5.74) is 3.38. The lowest BCUT2D eigenvalue weighted by molar-refractivity contribution is -0.125. The van der Waals surface area contributed by atoms with Crippen LogP contribution < -0.4 is 10.2 Å². The maximum atomic E-state index is 12.5. The van der Waals surface area contributed by atoms with Crippen LogP contribution in [0.4, 0.5) is 5.82 Å². The topological polar surface area (TPSA) is 58.1 Å². The van der Waals surface area contributed by atoms with E-state index in [-0.39, 0.29) is 11.8 Å². The van der Waals surface area contributed by atoms with E-state index >= 15 is 0 Å². The number of carbonyl (C=O) groups excluding carboxylic acids is 1. The molecule has 0 saturated carbocycles. The zero-order valence-corrected chi connectivity index (χ0v) is 16.8. The van der Waals surface area contributed by atoms with Gasteiger partial charge in [0.25, 0.3) is 0 Å². The van der Waals surface area contributed by atoms with Crippen LogP contribution in [0.25, 0.3) is 0 Å². The zero-order chi connectivity index (χ0) is 19.4. The molecule has 1 aromatic heterocycles. The minimum absolute atomic E-state index is 0.0826. The third-order valence-electron chi connectivity index (χ3n) is 5.15. The van der Waals surface area contributed by atoms with Gasteiger partial charge in [0, 0.05) is 43.2 Å². The van der Waals surface area contributed by atoms with Gasteiger partial charge in [-0.3, -0.25) is 4.79 Å². The van der Waals surface area contributed by atoms with Crippen molar-refractivity contribution < 1.29 is 4.79 Å². The van der Waals surface area contributed by atoms with Gasteiger partial charge in [0.15, 0.2) is 0 Å². The molecule has 5 nitrogen and oxygen atoms in total. The minimum atomic E-state index is 0.0826. The van der Waals surface area contributed by atoms with Gasteiger partial charge in [0.05, 0.1) is 0 Å². The fraction of sp³-hybridized carbons (Fsp3) is 0.500. The predicted octanol–water partition coefficient (Wildman–Crippen LogP) is 3.75. The van der Waals surface area contributed by atoms with Gasteiger partial charge < -0.3 is 10.2 Å². The fourth-order valence-electron chi connectivity index (χ4n) is 3.40. The fourth-order valence-corrected chi connectivity index (χ4v) is 3.40. The van der Waals surface area contributed by atoms with E-state index in [1.807, 2.05) is 13.0 Å². The SMILES string of the molecule is Cc1ccc(CNC(=O)C2CCN(c3cc(C)nc(C(C)C)n3)CC2)cc1. The molecule has 2 heterocycles. The van der Waals surface area contributed by atoms with E-state index in [2.05, 4.69) is 60.2 Å². The first-order valence-corrected chi connectivity index (χ1v) is 9.86. The highest BCUT2D eigenvalue weighted by Gasteiger charge is 2.26. The number of hydrogen-bond donors (Lipinski definition) is 1. The number of rotatable bonds is 5. The van der Waals surface area contributed by atoms with Crippen molar-refractivity contribution in [3.8, 4) is 0 Å². The molecule has 0 aliphatic carbocycles. The van der Waals surface area contributed by atoms with E-state index in [0.29, 0.717) is 12.5 Å².